The number of pyridine rings is 1. The quantitative estimate of drug-likeness (QED) is 0.459. The molecule has 2 aliphatic rings. The van der Waals surface area contributed by atoms with Gasteiger partial charge >= 0.3 is 6.18 Å². The Morgan fingerprint density at radius 3 is 2.50 bits per heavy atom. The molecular weight excluding hydrogens is 550 g/mol. The van der Waals surface area contributed by atoms with Gasteiger partial charge in [0.2, 0.25) is 15.9 Å². The highest BCUT2D eigenvalue weighted by molar-refractivity contribution is 7.89. The van der Waals surface area contributed by atoms with E-state index in [1.54, 1.807) is 0 Å². The van der Waals surface area contributed by atoms with Crippen molar-refractivity contribution in [1.29, 1.82) is 0 Å². The van der Waals surface area contributed by atoms with Gasteiger partial charge in [0, 0.05) is 31.1 Å². The number of benzene rings is 1. The van der Waals surface area contributed by atoms with Gasteiger partial charge in [0.15, 0.2) is 0 Å². The highest BCUT2D eigenvalue weighted by Crippen LogP contribution is 2.43. The predicted molar refractivity (Wildman–Crippen MR) is 133 cm³/mol. The van der Waals surface area contributed by atoms with Gasteiger partial charge < -0.3 is 4.74 Å². The van der Waals surface area contributed by atoms with Crippen LogP contribution in [0.3, 0.4) is 0 Å². The minimum absolute atomic E-state index is 0.158. The fourth-order valence-corrected chi connectivity index (χ4v) is 5.49. The van der Waals surface area contributed by atoms with Crippen molar-refractivity contribution in [1.82, 2.24) is 14.6 Å². The first-order valence-corrected chi connectivity index (χ1v) is 14.3. The maximum Gasteiger partial charge on any atom is 0.418 e. The summed E-state index contributed by atoms with van der Waals surface area (Å²) in [6, 6.07) is 3.53. The molecule has 0 bridgehead atoms. The lowest BCUT2D eigenvalue weighted by Crippen LogP contribution is -2.50. The molecule has 13 heteroatoms. The van der Waals surface area contributed by atoms with E-state index in [1.807, 2.05) is 18.6 Å². The molecule has 1 atom stereocenters. The van der Waals surface area contributed by atoms with Crippen LogP contribution in [-0.2, 0) is 22.7 Å². The summed E-state index contributed by atoms with van der Waals surface area (Å²) >= 11 is 5.66. The molecule has 1 aliphatic carbocycles. The summed E-state index contributed by atoms with van der Waals surface area (Å²) in [5, 5.41) is -0.502. The van der Waals surface area contributed by atoms with Crippen LogP contribution in [0.25, 0.3) is 0 Å². The first-order valence-electron chi connectivity index (χ1n) is 12.0. The number of aromatic nitrogens is 1. The van der Waals surface area contributed by atoms with Gasteiger partial charge in [-0.1, -0.05) is 25.4 Å². The molecule has 0 spiro atoms. The topological polar surface area (TPSA) is 88.6 Å². The van der Waals surface area contributed by atoms with Crippen LogP contribution in [0.2, 0.25) is 5.02 Å². The summed E-state index contributed by atoms with van der Waals surface area (Å²) < 4.78 is 85.2. The zero-order valence-corrected chi connectivity index (χ0v) is 22.6. The summed E-state index contributed by atoms with van der Waals surface area (Å²) in [6.45, 7) is 5.32. The highest BCUT2D eigenvalue weighted by Gasteiger charge is 2.40. The third-order valence-electron chi connectivity index (χ3n) is 6.77. The van der Waals surface area contributed by atoms with Crippen LogP contribution in [-0.4, -0.2) is 49.7 Å². The number of nitrogens with zero attached hydrogens (tertiary/aromatic N) is 2. The van der Waals surface area contributed by atoms with Crippen LogP contribution in [0.15, 0.2) is 24.4 Å². The van der Waals surface area contributed by atoms with E-state index in [0.717, 1.165) is 36.9 Å². The zero-order chi connectivity index (χ0) is 28.0. The number of sulfonamides is 1. The highest BCUT2D eigenvalue weighted by atomic mass is 35.5. The molecule has 1 saturated heterocycles. The lowest BCUT2D eigenvalue weighted by molar-refractivity contribution is -0.137. The van der Waals surface area contributed by atoms with E-state index in [4.69, 9.17) is 16.3 Å². The van der Waals surface area contributed by atoms with Gasteiger partial charge in [-0.15, -0.1) is 0 Å². The number of hydrogen-bond donors (Lipinski definition) is 1. The summed E-state index contributed by atoms with van der Waals surface area (Å²) in [4.78, 5) is 18.3. The van der Waals surface area contributed by atoms with Crippen molar-refractivity contribution >= 4 is 27.5 Å². The molecule has 208 valence electrons. The Morgan fingerprint density at radius 2 is 1.92 bits per heavy atom. The molecule has 1 N–H and O–H groups in total. The van der Waals surface area contributed by atoms with E-state index < -0.39 is 50.0 Å². The molecule has 2 heterocycles. The van der Waals surface area contributed by atoms with Crippen LogP contribution in [0, 0.1) is 11.2 Å². The number of halogens is 5. The molecule has 38 heavy (non-hydrogen) atoms. The molecule has 4 rings (SSSR count). The van der Waals surface area contributed by atoms with Gasteiger partial charge in [0.1, 0.15) is 11.9 Å². The molecule has 1 aromatic heterocycles. The van der Waals surface area contributed by atoms with Crippen LogP contribution in [0.4, 0.5) is 17.6 Å². The van der Waals surface area contributed by atoms with Gasteiger partial charge in [-0.3, -0.25) is 9.69 Å². The van der Waals surface area contributed by atoms with E-state index >= 15 is 0 Å². The summed E-state index contributed by atoms with van der Waals surface area (Å²) in [5.74, 6) is -1.81. The number of rotatable bonds is 7. The molecule has 1 unspecified atom stereocenters. The van der Waals surface area contributed by atoms with Crippen LogP contribution >= 0.6 is 11.6 Å². The number of nitrogens with one attached hydrogen (secondary N) is 1. The molecule has 2 fully saturated rings. The van der Waals surface area contributed by atoms with Gasteiger partial charge in [0.25, 0.3) is 5.91 Å². The fourth-order valence-electron chi connectivity index (χ4n) is 4.83. The zero-order valence-electron chi connectivity index (χ0n) is 21.0. The van der Waals surface area contributed by atoms with E-state index in [-0.39, 0.29) is 17.4 Å². The molecular formula is C25H28ClF4N3O4S. The minimum atomic E-state index is -4.63. The normalized spacial score (nSPS) is 20.3. The third-order valence-corrected chi connectivity index (χ3v) is 7.63. The Bertz CT molecular complexity index is 1350. The van der Waals surface area contributed by atoms with Crippen LogP contribution in [0.1, 0.15) is 66.1 Å². The summed E-state index contributed by atoms with van der Waals surface area (Å²) in [6.07, 6.45) is -1.03. The second-order valence-corrected chi connectivity index (χ2v) is 12.8. The van der Waals surface area contributed by atoms with Crippen molar-refractivity contribution < 1.29 is 35.5 Å². The SMILES string of the molecule is CC1(C)CN(Cc2cc(F)c(C(=O)NS(C)(=O)=O)cc2C2CC2)CCC1Oc1cc(C(F)(F)F)c(Cl)cn1. The van der Waals surface area contributed by atoms with Crippen molar-refractivity contribution in [3.05, 3.63) is 57.5 Å². The van der Waals surface area contributed by atoms with Crippen LogP contribution in [0.5, 0.6) is 5.88 Å². The molecule has 0 radical (unpaired) electrons. The fraction of sp³-hybridized carbons (Fsp3) is 0.520. The number of likely N-dealkylation sites (tertiary alicyclic amines) is 1. The Hall–Kier alpha value is -2.44. The predicted octanol–water partition coefficient (Wildman–Crippen LogP) is 5.14. The number of alkyl halides is 3. The number of carbonyl (C=O) groups excluding carboxylic acids is 1. The van der Waals surface area contributed by atoms with Crippen molar-refractivity contribution in [2.75, 3.05) is 19.3 Å². The maximum absolute atomic E-state index is 14.9. The molecule has 1 aromatic carbocycles. The number of hydrogen-bond acceptors (Lipinski definition) is 6. The number of amides is 1. The van der Waals surface area contributed by atoms with Crippen molar-refractivity contribution in [3.63, 3.8) is 0 Å². The molecule has 7 nitrogen and oxygen atoms in total. The molecule has 1 amide bonds. The second-order valence-electron chi connectivity index (χ2n) is 10.6. The number of carbonyl (C=O) groups is 1. The largest absolute Gasteiger partial charge is 0.474 e. The van der Waals surface area contributed by atoms with Gasteiger partial charge in [-0.05, 0) is 48.4 Å². The van der Waals surface area contributed by atoms with Crippen molar-refractivity contribution in [3.8, 4) is 5.88 Å². The van der Waals surface area contributed by atoms with Crippen LogP contribution < -0.4 is 9.46 Å². The first-order chi connectivity index (χ1) is 17.5. The van der Waals surface area contributed by atoms with Gasteiger partial charge in [-0.2, -0.15) is 13.2 Å². The maximum atomic E-state index is 14.9. The number of ether oxygens (including phenoxy) is 1. The molecule has 2 aromatic rings. The van der Waals surface area contributed by atoms with Crippen molar-refractivity contribution in [2.24, 2.45) is 5.41 Å². The molecule has 1 saturated carbocycles. The lowest BCUT2D eigenvalue weighted by atomic mass is 9.80. The Kier molecular flexibility index (Phi) is 7.72. The smallest absolute Gasteiger partial charge is 0.418 e. The van der Waals surface area contributed by atoms with E-state index in [2.05, 4.69) is 9.88 Å². The first kappa shape index (κ1) is 28.6. The van der Waals surface area contributed by atoms with Crippen molar-refractivity contribution in [2.45, 2.75) is 57.9 Å². The van der Waals surface area contributed by atoms with E-state index in [9.17, 15) is 30.8 Å². The lowest BCUT2D eigenvalue weighted by Gasteiger charge is -2.44. The monoisotopic (exact) mass is 577 g/mol. The van der Waals surface area contributed by atoms with E-state index in [0.29, 0.717) is 31.6 Å². The average molecular weight is 578 g/mol. The summed E-state index contributed by atoms with van der Waals surface area (Å²) in [5.41, 5.74) is -0.285. The number of piperidine rings is 1. The Morgan fingerprint density at radius 1 is 1.24 bits per heavy atom. The third kappa shape index (κ3) is 6.76. The van der Waals surface area contributed by atoms with Gasteiger partial charge in [0.05, 0.1) is 28.6 Å². The average Bonchev–Trinajstić information content (AvgIpc) is 3.60. The van der Waals surface area contributed by atoms with E-state index in [1.165, 1.54) is 12.1 Å². The second kappa shape index (κ2) is 10.3. The molecule has 1 aliphatic heterocycles. The Labute approximate surface area is 223 Å². The minimum Gasteiger partial charge on any atom is -0.474 e. The summed E-state index contributed by atoms with van der Waals surface area (Å²) in [7, 11) is -3.84. The standard InChI is InChI=1S/C25H28ClF4N3O4S/c1-24(2)13-33(7-6-21(24)37-22-10-18(25(28,29)30)19(26)11-31-22)12-15-8-20(27)17(9-16(15)14-4-5-14)23(34)32-38(3,35)36/h8-11,14,21H,4-7,12-13H2,1-3H3,(H,32,34). The Balaban J connectivity index is 1.49. The van der Waals surface area contributed by atoms with Gasteiger partial charge in [-0.25, -0.2) is 22.5 Å².